The normalized spacial score (nSPS) is 16.5. The average Bonchev–Trinajstić information content (AvgIpc) is 2.37. The van der Waals surface area contributed by atoms with Gasteiger partial charge in [-0.25, -0.2) is 4.39 Å². The lowest BCUT2D eigenvalue weighted by Crippen LogP contribution is -2.21. The molecular formula is C16H17F4N. The van der Waals surface area contributed by atoms with E-state index in [-0.39, 0.29) is 11.0 Å². The fourth-order valence-electron chi connectivity index (χ4n) is 2.28. The van der Waals surface area contributed by atoms with Gasteiger partial charge >= 0.3 is 6.18 Å². The van der Waals surface area contributed by atoms with Crippen LogP contribution in [0.1, 0.15) is 38.3 Å². The predicted molar refractivity (Wildman–Crippen MR) is 75.8 cm³/mol. The molecule has 0 amide bonds. The maximum absolute atomic E-state index is 13.2. The smallest absolute Gasteiger partial charge is 0.289 e. The summed E-state index contributed by atoms with van der Waals surface area (Å²) in [5.74, 6) is -0.882. The Bertz CT molecular complexity index is 604. The molecule has 5 heteroatoms. The fourth-order valence-corrected chi connectivity index (χ4v) is 2.28. The third-order valence-electron chi connectivity index (χ3n) is 3.38. The minimum atomic E-state index is -4.57. The lowest BCUT2D eigenvalue weighted by Gasteiger charge is -2.24. The van der Waals surface area contributed by atoms with Crippen molar-refractivity contribution in [2.24, 2.45) is 10.4 Å². The van der Waals surface area contributed by atoms with Gasteiger partial charge in [0.25, 0.3) is 0 Å². The van der Waals surface area contributed by atoms with Crippen LogP contribution >= 0.6 is 0 Å². The Labute approximate surface area is 121 Å². The zero-order valence-corrected chi connectivity index (χ0v) is 12.2. The van der Waals surface area contributed by atoms with Crippen LogP contribution in [0.2, 0.25) is 0 Å². The first kappa shape index (κ1) is 15.7. The molecule has 0 bridgehead atoms. The molecule has 1 nitrogen and oxygen atoms in total. The third-order valence-corrected chi connectivity index (χ3v) is 3.38. The number of rotatable bonds is 1. The molecule has 0 aromatic heterocycles. The standard InChI is InChI=1S/C16H17F4N/c1-15(2,3)14-8-10(6-7-21-14)12-5-4-11(17)9-13(12)16(18,19)20/h4-5,8-9H,6-7H2,1-3H3. The summed E-state index contributed by atoms with van der Waals surface area (Å²) in [6, 6.07) is 2.82. The van der Waals surface area contributed by atoms with Gasteiger partial charge in [0.2, 0.25) is 0 Å². The third kappa shape index (κ3) is 3.52. The van der Waals surface area contributed by atoms with E-state index in [1.807, 2.05) is 20.8 Å². The number of dihydropyridines is 1. The minimum absolute atomic E-state index is 0.0422. The van der Waals surface area contributed by atoms with Crippen LogP contribution in [0.4, 0.5) is 17.6 Å². The van der Waals surface area contributed by atoms with E-state index in [2.05, 4.69) is 4.99 Å². The Morgan fingerprint density at radius 3 is 2.33 bits per heavy atom. The predicted octanol–water partition coefficient (Wildman–Crippen LogP) is 5.12. The quantitative estimate of drug-likeness (QED) is 0.638. The largest absolute Gasteiger partial charge is 0.417 e. The van der Waals surface area contributed by atoms with E-state index >= 15 is 0 Å². The highest BCUT2D eigenvalue weighted by Gasteiger charge is 2.35. The second kappa shape index (κ2) is 5.28. The molecule has 1 aliphatic heterocycles. The van der Waals surface area contributed by atoms with E-state index in [0.717, 1.165) is 11.8 Å². The van der Waals surface area contributed by atoms with Gasteiger partial charge in [-0.1, -0.05) is 26.8 Å². The summed E-state index contributed by atoms with van der Waals surface area (Å²) in [4.78, 5) is 4.37. The van der Waals surface area contributed by atoms with Crippen molar-refractivity contribution >= 4 is 11.3 Å². The molecule has 0 fully saturated rings. The molecular weight excluding hydrogens is 282 g/mol. The molecule has 0 aliphatic carbocycles. The van der Waals surface area contributed by atoms with Gasteiger partial charge in [0.15, 0.2) is 0 Å². The molecule has 1 aliphatic rings. The van der Waals surface area contributed by atoms with Crippen molar-refractivity contribution in [2.45, 2.75) is 33.4 Å². The van der Waals surface area contributed by atoms with E-state index in [1.54, 1.807) is 6.08 Å². The van der Waals surface area contributed by atoms with Crippen LogP contribution < -0.4 is 0 Å². The molecule has 0 saturated heterocycles. The number of halogens is 4. The van der Waals surface area contributed by atoms with Crippen LogP contribution in [0.5, 0.6) is 0 Å². The molecule has 21 heavy (non-hydrogen) atoms. The summed E-state index contributed by atoms with van der Waals surface area (Å²) in [6.45, 7) is 6.33. The summed E-state index contributed by atoms with van der Waals surface area (Å²) in [5.41, 5.74) is 0.206. The molecule has 114 valence electrons. The zero-order chi connectivity index (χ0) is 15.8. The van der Waals surface area contributed by atoms with Crippen LogP contribution in [0.3, 0.4) is 0 Å². The van der Waals surface area contributed by atoms with Crippen LogP contribution in [0.15, 0.2) is 29.3 Å². The van der Waals surface area contributed by atoms with E-state index in [0.29, 0.717) is 24.6 Å². The van der Waals surface area contributed by atoms with E-state index in [9.17, 15) is 17.6 Å². The van der Waals surface area contributed by atoms with Gasteiger partial charge in [0, 0.05) is 17.7 Å². The second-order valence-electron chi connectivity index (χ2n) is 6.12. The molecule has 1 aromatic carbocycles. The first-order valence-electron chi connectivity index (χ1n) is 6.71. The van der Waals surface area contributed by atoms with Gasteiger partial charge in [-0.3, -0.25) is 4.99 Å². The Morgan fingerprint density at radius 2 is 1.76 bits per heavy atom. The summed E-state index contributed by atoms with van der Waals surface area (Å²) in [7, 11) is 0. The van der Waals surface area contributed by atoms with Gasteiger partial charge in [-0.05, 0) is 35.8 Å². The monoisotopic (exact) mass is 299 g/mol. The molecule has 0 radical (unpaired) electrons. The first-order valence-corrected chi connectivity index (χ1v) is 6.71. The van der Waals surface area contributed by atoms with Crippen molar-refractivity contribution in [2.75, 3.05) is 6.54 Å². The highest BCUT2D eigenvalue weighted by Crippen LogP contribution is 2.37. The number of benzene rings is 1. The molecule has 1 aromatic rings. The Kier molecular flexibility index (Phi) is 3.95. The summed E-state index contributed by atoms with van der Waals surface area (Å²) in [5, 5.41) is 0. The summed E-state index contributed by atoms with van der Waals surface area (Å²) in [6.07, 6.45) is -2.45. The van der Waals surface area contributed by atoms with E-state index in [1.165, 1.54) is 6.07 Å². The van der Waals surface area contributed by atoms with Gasteiger partial charge < -0.3 is 0 Å². The van der Waals surface area contributed by atoms with Crippen LogP contribution in [0.25, 0.3) is 5.57 Å². The summed E-state index contributed by atoms with van der Waals surface area (Å²) < 4.78 is 52.4. The number of aliphatic imine (C=N–C) groups is 1. The van der Waals surface area contributed by atoms with Crippen LogP contribution in [-0.2, 0) is 6.18 Å². The van der Waals surface area contributed by atoms with Gasteiger partial charge in [0.05, 0.1) is 5.56 Å². The molecule has 0 atom stereocenters. The topological polar surface area (TPSA) is 12.4 Å². The van der Waals surface area contributed by atoms with Gasteiger partial charge in [0.1, 0.15) is 5.82 Å². The van der Waals surface area contributed by atoms with E-state index < -0.39 is 17.6 Å². The first-order chi connectivity index (χ1) is 9.59. The van der Waals surface area contributed by atoms with Gasteiger partial charge in [-0.2, -0.15) is 13.2 Å². The molecule has 0 saturated carbocycles. The molecule has 0 spiro atoms. The average molecular weight is 299 g/mol. The van der Waals surface area contributed by atoms with Crippen LogP contribution in [0, 0.1) is 11.2 Å². The number of alkyl halides is 3. The lowest BCUT2D eigenvalue weighted by atomic mass is 9.85. The second-order valence-corrected chi connectivity index (χ2v) is 6.12. The van der Waals surface area contributed by atoms with Crippen molar-refractivity contribution in [1.29, 1.82) is 0 Å². The number of allylic oxidation sites excluding steroid dienone is 1. The zero-order valence-electron chi connectivity index (χ0n) is 12.2. The highest BCUT2D eigenvalue weighted by atomic mass is 19.4. The van der Waals surface area contributed by atoms with Crippen molar-refractivity contribution in [1.82, 2.24) is 0 Å². The maximum Gasteiger partial charge on any atom is 0.417 e. The number of nitrogens with zero attached hydrogens (tertiary/aromatic N) is 1. The van der Waals surface area contributed by atoms with Gasteiger partial charge in [-0.15, -0.1) is 0 Å². The maximum atomic E-state index is 13.2. The van der Waals surface area contributed by atoms with Crippen molar-refractivity contribution in [3.63, 3.8) is 0 Å². The van der Waals surface area contributed by atoms with Crippen molar-refractivity contribution in [3.05, 3.63) is 41.2 Å². The number of hydrogen-bond donors (Lipinski definition) is 0. The minimum Gasteiger partial charge on any atom is -0.289 e. The molecule has 0 N–H and O–H groups in total. The highest BCUT2D eigenvalue weighted by molar-refractivity contribution is 6.05. The van der Waals surface area contributed by atoms with Crippen molar-refractivity contribution < 1.29 is 17.6 Å². The van der Waals surface area contributed by atoms with Crippen molar-refractivity contribution in [3.8, 4) is 0 Å². The molecule has 2 rings (SSSR count). The summed E-state index contributed by atoms with van der Waals surface area (Å²) >= 11 is 0. The Morgan fingerprint density at radius 1 is 1.10 bits per heavy atom. The van der Waals surface area contributed by atoms with Crippen LogP contribution in [-0.4, -0.2) is 12.3 Å². The SMILES string of the molecule is CC(C)(C)C1=NCCC(c2ccc(F)cc2C(F)(F)F)=C1. The fraction of sp³-hybridized carbons (Fsp3) is 0.438. The Hall–Kier alpha value is -1.65. The lowest BCUT2D eigenvalue weighted by molar-refractivity contribution is -0.138. The van der Waals surface area contributed by atoms with E-state index in [4.69, 9.17) is 0 Å². The Balaban J connectivity index is 2.53. The number of hydrogen-bond acceptors (Lipinski definition) is 1. The molecule has 1 heterocycles. The molecule has 0 unspecified atom stereocenters.